The van der Waals surface area contributed by atoms with Crippen molar-refractivity contribution in [2.75, 3.05) is 11.9 Å². The number of aryl methyl sites for hydroxylation is 1. The fourth-order valence-electron chi connectivity index (χ4n) is 4.65. The van der Waals surface area contributed by atoms with Gasteiger partial charge >= 0.3 is 5.69 Å². The third kappa shape index (κ3) is 3.17. The molecule has 7 heteroatoms. The van der Waals surface area contributed by atoms with Crippen molar-refractivity contribution in [2.24, 2.45) is 0 Å². The molecule has 5 rings (SSSR count). The number of hydrogen-bond acceptors (Lipinski definition) is 4. The molecule has 2 aliphatic heterocycles. The minimum atomic E-state index is -0.544. The van der Waals surface area contributed by atoms with Crippen molar-refractivity contribution in [1.29, 1.82) is 0 Å². The molecule has 32 heavy (non-hydrogen) atoms. The number of carbonyl (C=O) groups excluding carboxylic acids is 1. The molecule has 0 saturated heterocycles. The lowest BCUT2D eigenvalue weighted by Gasteiger charge is -2.28. The van der Waals surface area contributed by atoms with Gasteiger partial charge in [-0.2, -0.15) is 0 Å². The van der Waals surface area contributed by atoms with Crippen LogP contribution in [0.5, 0.6) is 0 Å². The van der Waals surface area contributed by atoms with Crippen LogP contribution >= 0.6 is 0 Å². The highest BCUT2D eigenvalue weighted by atomic mass is 16.2. The van der Waals surface area contributed by atoms with Crippen LogP contribution in [-0.2, 0) is 17.9 Å². The molecule has 1 amide bonds. The Morgan fingerprint density at radius 2 is 1.72 bits per heavy atom. The van der Waals surface area contributed by atoms with Crippen LogP contribution in [0.1, 0.15) is 35.1 Å². The van der Waals surface area contributed by atoms with Gasteiger partial charge in [0.25, 0.3) is 11.5 Å². The van der Waals surface area contributed by atoms with Crippen molar-refractivity contribution in [3.8, 4) is 0 Å². The first-order chi connectivity index (χ1) is 15.5. The van der Waals surface area contributed by atoms with E-state index in [-0.39, 0.29) is 5.91 Å². The number of aromatic amines is 1. The monoisotopic (exact) mass is 428 g/mol. The maximum atomic E-state index is 13.6. The second kappa shape index (κ2) is 7.67. The lowest BCUT2D eigenvalue weighted by molar-refractivity contribution is -0.126. The predicted octanol–water partition coefficient (Wildman–Crippen LogP) is 2.72. The molecule has 0 radical (unpaired) electrons. The fraction of sp³-hybridized carbons (Fsp3) is 0.240. The highest BCUT2D eigenvalue weighted by molar-refractivity contribution is 6.01. The van der Waals surface area contributed by atoms with Crippen molar-refractivity contribution in [3.05, 3.63) is 109 Å². The smallest absolute Gasteiger partial charge is 0.329 e. The van der Waals surface area contributed by atoms with Gasteiger partial charge in [-0.05, 0) is 25.0 Å². The van der Waals surface area contributed by atoms with Gasteiger partial charge in [0.05, 0.1) is 23.6 Å². The molecular formula is C25H24N4O3. The topological polar surface area (TPSA) is 87.2 Å². The van der Waals surface area contributed by atoms with Crippen LogP contribution in [0.3, 0.4) is 0 Å². The number of benzene rings is 2. The number of nitrogens with one attached hydrogen (secondary N) is 2. The fourth-order valence-corrected chi connectivity index (χ4v) is 4.65. The summed E-state index contributed by atoms with van der Waals surface area (Å²) in [6, 6.07) is 17.7. The minimum Gasteiger partial charge on any atom is -0.343 e. The molecule has 0 saturated carbocycles. The van der Waals surface area contributed by atoms with Gasteiger partial charge in [-0.3, -0.25) is 19.1 Å². The van der Waals surface area contributed by atoms with Crippen LogP contribution in [0.4, 0.5) is 5.82 Å². The predicted molar refractivity (Wildman–Crippen MR) is 123 cm³/mol. The van der Waals surface area contributed by atoms with Crippen LogP contribution in [0.25, 0.3) is 0 Å². The Kier molecular flexibility index (Phi) is 4.81. The van der Waals surface area contributed by atoms with Gasteiger partial charge in [0.1, 0.15) is 5.82 Å². The molecule has 1 atom stereocenters. The number of H-pyrrole nitrogens is 1. The molecule has 2 aliphatic rings. The molecule has 1 unspecified atom stereocenters. The Balaban J connectivity index is 1.66. The summed E-state index contributed by atoms with van der Waals surface area (Å²) in [5.74, 6) is -0.168. The number of carbonyl (C=O) groups is 1. The van der Waals surface area contributed by atoms with Crippen molar-refractivity contribution in [2.45, 2.75) is 32.9 Å². The summed E-state index contributed by atoms with van der Waals surface area (Å²) in [6.07, 6.45) is 0. The number of aromatic nitrogens is 2. The van der Waals surface area contributed by atoms with Gasteiger partial charge in [-0.1, -0.05) is 60.2 Å². The van der Waals surface area contributed by atoms with Gasteiger partial charge < -0.3 is 10.2 Å². The van der Waals surface area contributed by atoms with E-state index in [1.165, 1.54) is 4.57 Å². The van der Waals surface area contributed by atoms with Crippen LogP contribution in [0.2, 0.25) is 0 Å². The summed E-state index contributed by atoms with van der Waals surface area (Å²) < 4.78 is 1.52. The quantitative estimate of drug-likeness (QED) is 0.669. The second-order valence-electron chi connectivity index (χ2n) is 8.27. The average Bonchev–Trinajstić information content (AvgIpc) is 3.09. The van der Waals surface area contributed by atoms with E-state index in [1.54, 1.807) is 4.90 Å². The van der Waals surface area contributed by atoms with Crippen molar-refractivity contribution in [3.63, 3.8) is 0 Å². The van der Waals surface area contributed by atoms with Gasteiger partial charge in [-0.15, -0.1) is 0 Å². The summed E-state index contributed by atoms with van der Waals surface area (Å²) in [6.45, 7) is 5.12. The Hall–Kier alpha value is -3.87. The minimum absolute atomic E-state index is 0.0961. The van der Waals surface area contributed by atoms with Crippen molar-refractivity contribution >= 4 is 11.7 Å². The maximum absolute atomic E-state index is 13.6. The maximum Gasteiger partial charge on any atom is 0.329 e. The van der Waals surface area contributed by atoms with E-state index in [0.29, 0.717) is 36.6 Å². The first-order valence-corrected chi connectivity index (χ1v) is 10.7. The largest absolute Gasteiger partial charge is 0.343 e. The molecule has 1 aromatic heterocycles. The van der Waals surface area contributed by atoms with E-state index in [1.807, 2.05) is 68.4 Å². The SMILES string of the molecule is CCn1c2c(c(=O)[nH]c1=O)C(c1ccc(C)cc1)C1=C(CN(Cc3ccccc3)C1=O)N2. The highest BCUT2D eigenvalue weighted by Gasteiger charge is 2.42. The Bertz CT molecular complexity index is 1350. The van der Waals surface area contributed by atoms with Crippen LogP contribution in [0, 0.1) is 6.92 Å². The van der Waals surface area contributed by atoms with E-state index in [0.717, 1.165) is 22.4 Å². The Labute approximate surface area is 185 Å². The molecule has 0 bridgehead atoms. The summed E-state index contributed by atoms with van der Waals surface area (Å²) in [5, 5.41) is 3.28. The standard InChI is InChI=1S/C25H24N4O3/c1-3-29-22-21(23(30)27-25(29)32)19(17-11-9-15(2)10-12-17)20-18(26-22)14-28(24(20)31)13-16-7-5-4-6-8-16/h4-12,19,26H,3,13-14H2,1-2H3,(H,27,30,32). The normalized spacial score (nSPS) is 17.2. The number of nitrogens with zero attached hydrogens (tertiary/aromatic N) is 2. The van der Waals surface area contributed by atoms with E-state index in [2.05, 4.69) is 10.3 Å². The molecule has 0 spiro atoms. The molecule has 0 aliphatic carbocycles. The zero-order valence-electron chi connectivity index (χ0n) is 18.0. The van der Waals surface area contributed by atoms with Crippen LogP contribution < -0.4 is 16.6 Å². The third-order valence-corrected chi connectivity index (χ3v) is 6.22. The number of anilines is 1. The van der Waals surface area contributed by atoms with Crippen LogP contribution in [-0.4, -0.2) is 26.9 Å². The molecule has 0 fully saturated rings. The molecule has 2 N–H and O–H groups in total. The number of fused-ring (bicyclic) bond motifs is 1. The number of amides is 1. The van der Waals surface area contributed by atoms with E-state index >= 15 is 0 Å². The summed E-state index contributed by atoms with van der Waals surface area (Å²) >= 11 is 0. The molecule has 3 heterocycles. The Morgan fingerprint density at radius 1 is 1.00 bits per heavy atom. The van der Waals surface area contributed by atoms with Crippen molar-refractivity contribution in [1.82, 2.24) is 14.5 Å². The molecule has 162 valence electrons. The van der Waals surface area contributed by atoms with E-state index in [4.69, 9.17) is 0 Å². The van der Waals surface area contributed by atoms with Gasteiger partial charge in [-0.25, -0.2) is 4.79 Å². The average molecular weight is 428 g/mol. The first kappa shape index (κ1) is 20.1. The first-order valence-electron chi connectivity index (χ1n) is 10.7. The third-order valence-electron chi connectivity index (χ3n) is 6.22. The summed E-state index contributed by atoms with van der Waals surface area (Å²) in [4.78, 5) is 43.3. The zero-order valence-corrected chi connectivity index (χ0v) is 18.0. The van der Waals surface area contributed by atoms with Gasteiger partial charge in [0.15, 0.2) is 0 Å². The van der Waals surface area contributed by atoms with Crippen LogP contribution in [0.15, 0.2) is 75.5 Å². The highest BCUT2D eigenvalue weighted by Crippen LogP contribution is 2.43. The second-order valence-corrected chi connectivity index (χ2v) is 8.27. The molecule has 3 aromatic rings. The summed E-state index contributed by atoms with van der Waals surface area (Å²) in [5.41, 5.74) is 3.78. The molecule has 7 nitrogen and oxygen atoms in total. The summed E-state index contributed by atoms with van der Waals surface area (Å²) in [7, 11) is 0. The lowest BCUT2D eigenvalue weighted by Crippen LogP contribution is -2.38. The van der Waals surface area contributed by atoms with Crippen molar-refractivity contribution < 1.29 is 4.79 Å². The number of rotatable bonds is 4. The van der Waals surface area contributed by atoms with E-state index in [9.17, 15) is 14.4 Å². The zero-order chi connectivity index (χ0) is 22.4. The number of hydrogen-bond donors (Lipinski definition) is 2. The van der Waals surface area contributed by atoms with E-state index < -0.39 is 17.2 Å². The van der Waals surface area contributed by atoms with Gasteiger partial charge in [0, 0.05) is 18.8 Å². The Morgan fingerprint density at radius 3 is 2.41 bits per heavy atom. The molecular weight excluding hydrogens is 404 g/mol. The molecule has 2 aromatic carbocycles. The lowest BCUT2D eigenvalue weighted by atomic mass is 9.82. The van der Waals surface area contributed by atoms with Gasteiger partial charge in [0.2, 0.25) is 0 Å².